The molecular formula is C19H29IN6O2. The molecule has 2 heterocycles. The van der Waals surface area contributed by atoms with Crippen LogP contribution in [0.2, 0.25) is 0 Å². The molecule has 0 saturated carbocycles. The number of aliphatic imine (C=N–C) groups is 1. The highest BCUT2D eigenvalue weighted by atomic mass is 127. The fraction of sp³-hybridized carbons (Fsp3) is 0.526. The van der Waals surface area contributed by atoms with Gasteiger partial charge in [-0.1, -0.05) is 24.3 Å². The van der Waals surface area contributed by atoms with Crippen molar-refractivity contribution in [2.75, 3.05) is 20.3 Å². The van der Waals surface area contributed by atoms with Crippen LogP contribution in [0.1, 0.15) is 29.8 Å². The van der Waals surface area contributed by atoms with E-state index in [1.165, 1.54) is 11.1 Å². The van der Waals surface area contributed by atoms with Gasteiger partial charge < -0.3 is 20.1 Å². The molecule has 0 spiro atoms. The molecule has 1 fully saturated rings. The average molecular weight is 500 g/mol. The first-order valence-corrected chi connectivity index (χ1v) is 9.29. The summed E-state index contributed by atoms with van der Waals surface area (Å²) < 4.78 is 13.1. The van der Waals surface area contributed by atoms with Crippen LogP contribution in [-0.2, 0) is 36.2 Å². The number of hydrogen-bond donors (Lipinski definition) is 2. The zero-order valence-electron chi connectivity index (χ0n) is 16.4. The summed E-state index contributed by atoms with van der Waals surface area (Å²) in [6, 6.07) is 8.43. The third-order valence-electron chi connectivity index (χ3n) is 4.55. The van der Waals surface area contributed by atoms with Gasteiger partial charge in [-0.2, -0.15) is 5.10 Å². The van der Waals surface area contributed by atoms with E-state index in [-0.39, 0.29) is 24.0 Å². The average Bonchev–Trinajstić information content (AvgIpc) is 3.12. The Morgan fingerprint density at radius 1 is 1.25 bits per heavy atom. The molecule has 154 valence electrons. The van der Waals surface area contributed by atoms with Crippen molar-refractivity contribution in [1.29, 1.82) is 0 Å². The van der Waals surface area contributed by atoms with Gasteiger partial charge in [-0.25, -0.2) is 4.98 Å². The monoisotopic (exact) mass is 500 g/mol. The number of nitrogens with one attached hydrogen (secondary N) is 2. The Morgan fingerprint density at radius 3 is 2.71 bits per heavy atom. The molecule has 9 heteroatoms. The Balaban J connectivity index is 0.00000280. The van der Waals surface area contributed by atoms with Crippen LogP contribution in [0.4, 0.5) is 0 Å². The lowest BCUT2D eigenvalue weighted by atomic mass is 10.1. The molecule has 0 amide bonds. The third-order valence-corrected chi connectivity index (χ3v) is 4.55. The SMILES string of the molecule is CN=C(NCc1cccc(COC2CCOCC2)c1)NCc1ncnn1C.I. The number of ether oxygens (including phenoxy) is 2. The number of aryl methyl sites for hydroxylation is 1. The number of nitrogens with zero attached hydrogens (tertiary/aromatic N) is 4. The van der Waals surface area contributed by atoms with Gasteiger partial charge in [0.25, 0.3) is 0 Å². The van der Waals surface area contributed by atoms with Gasteiger partial charge in [0, 0.05) is 33.9 Å². The molecule has 1 aliphatic rings. The van der Waals surface area contributed by atoms with E-state index >= 15 is 0 Å². The van der Waals surface area contributed by atoms with Gasteiger partial charge in [-0.05, 0) is 24.0 Å². The van der Waals surface area contributed by atoms with E-state index in [1.807, 2.05) is 7.05 Å². The van der Waals surface area contributed by atoms with Crippen LogP contribution in [0, 0.1) is 0 Å². The highest BCUT2D eigenvalue weighted by molar-refractivity contribution is 14.0. The van der Waals surface area contributed by atoms with Crippen LogP contribution in [0.5, 0.6) is 0 Å². The van der Waals surface area contributed by atoms with Crippen molar-refractivity contribution in [3.8, 4) is 0 Å². The minimum absolute atomic E-state index is 0. The van der Waals surface area contributed by atoms with E-state index in [0.29, 0.717) is 25.8 Å². The summed E-state index contributed by atoms with van der Waals surface area (Å²) in [5, 5.41) is 10.6. The number of halogens is 1. The van der Waals surface area contributed by atoms with E-state index in [9.17, 15) is 0 Å². The van der Waals surface area contributed by atoms with Crippen LogP contribution in [0.15, 0.2) is 35.6 Å². The second-order valence-corrected chi connectivity index (χ2v) is 6.52. The van der Waals surface area contributed by atoms with Crippen molar-refractivity contribution in [3.63, 3.8) is 0 Å². The van der Waals surface area contributed by atoms with Crippen molar-refractivity contribution in [1.82, 2.24) is 25.4 Å². The highest BCUT2D eigenvalue weighted by Gasteiger charge is 2.14. The largest absolute Gasteiger partial charge is 0.381 e. The Bertz CT molecular complexity index is 746. The summed E-state index contributed by atoms with van der Waals surface area (Å²) in [5.74, 6) is 1.58. The van der Waals surface area contributed by atoms with Gasteiger partial charge in [0.2, 0.25) is 0 Å². The fourth-order valence-electron chi connectivity index (χ4n) is 2.94. The normalized spacial score (nSPS) is 15.1. The molecule has 1 aliphatic heterocycles. The van der Waals surface area contributed by atoms with Gasteiger partial charge >= 0.3 is 0 Å². The zero-order chi connectivity index (χ0) is 18.9. The second-order valence-electron chi connectivity index (χ2n) is 6.52. The first-order chi connectivity index (χ1) is 13.2. The molecule has 0 unspecified atom stereocenters. The lowest BCUT2D eigenvalue weighted by Gasteiger charge is -2.22. The van der Waals surface area contributed by atoms with E-state index in [4.69, 9.17) is 9.47 Å². The van der Waals surface area contributed by atoms with E-state index in [0.717, 1.165) is 37.8 Å². The molecule has 1 aromatic heterocycles. The third kappa shape index (κ3) is 7.02. The topological polar surface area (TPSA) is 85.6 Å². The van der Waals surface area contributed by atoms with Crippen LogP contribution >= 0.6 is 24.0 Å². The highest BCUT2D eigenvalue weighted by Crippen LogP contribution is 2.14. The fourth-order valence-corrected chi connectivity index (χ4v) is 2.94. The molecule has 8 nitrogen and oxygen atoms in total. The summed E-state index contributed by atoms with van der Waals surface area (Å²) >= 11 is 0. The van der Waals surface area contributed by atoms with Crippen molar-refractivity contribution >= 4 is 29.9 Å². The number of rotatable bonds is 7. The molecule has 2 N–H and O–H groups in total. The van der Waals surface area contributed by atoms with Crippen LogP contribution in [0.3, 0.4) is 0 Å². The lowest BCUT2D eigenvalue weighted by molar-refractivity contribution is -0.0390. The van der Waals surface area contributed by atoms with Gasteiger partial charge in [-0.3, -0.25) is 9.67 Å². The quantitative estimate of drug-likeness (QED) is 0.344. The van der Waals surface area contributed by atoms with Gasteiger partial charge in [-0.15, -0.1) is 24.0 Å². The number of guanidine groups is 1. The van der Waals surface area contributed by atoms with Crippen molar-refractivity contribution < 1.29 is 9.47 Å². The van der Waals surface area contributed by atoms with E-state index in [2.05, 4.69) is 50.0 Å². The van der Waals surface area contributed by atoms with E-state index < -0.39 is 0 Å². The molecule has 2 aromatic rings. The molecule has 0 atom stereocenters. The predicted molar refractivity (Wildman–Crippen MR) is 119 cm³/mol. The van der Waals surface area contributed by atoms with Gasteiger partial charge in [0.1, 0.15) is 12.2 Å². The molecule has 28 heavy (non-hydrogen) atoms. The summed E-state index contributed by atoms with van der Waals surface area (Å²) in [4.78, 5) is 8.45. The molecule has 3 rings (SSSR count). The Labute approximate surface area is 183 Å². The second kappa shape index (κ2) is 12.0. The number of hydrogen-bond acceptors (Lipinski definition) is 5. The minimum Gasteiger partial charge on any atom is -0.381 e. The zero-order valence-corrected chi connectivity index (χ0v) is 18.8. The minimum atomic E-state index is 0. The molecule has 1 aromatic carbocycles. The summed E-state index contributed by atoms with van der Waals surface area (Å²) in [6.07, 6.45) is 3.81. The first-order valence-electron chi connectivity index (χ1n) is 9.29. The summed E-state index contributed by atoms with van der Waals surface area (Å²) in [7, 11) is 3.62. The Morgan fingerprint density at radius 2 is 2.00 bits per heavy atom. The Kier molecular flexibility index (Phi) is 9.65. The number of aromatic nitrogens is 3. The predicted octanol–water partition coefficient (Wildman–Crippen LogP) is 1.99. The summed E-state index contributed by atoms with van der Waals surface area (Å²) in [6.45, 7) is 3.49. The number of benzene rings is 1. The first kappa shape index (κ1) is 22.6. The maximum atomic E-state index is 6.01. The molecule has 0 bridgehead atoms. The maximum absolute atomic E-state index is 6.01. The maximum Gasteiger partial charge on any atom is 0.191 e. The van der Waals surface area contributed by atoms with Crippen LogP contribution < -0.4 is 10.6 Å². The lowest BCUT2D eigenvalue weighted by Crippen LogP contribution is -2.36. The van der Waals surface area contributed by atoms with Crippen LogP contribution in [-0.4, -0.2) is 47.1 Å². The van der Waals surface area contributed by atoms with Crippen molar-refractivity contribution in [3.05, 3.63) is 47.5 Å². The smallest absolute Gasteiger partial charge is 0.191 e. The molecule has 0 radical (unpaired) electrons. The molecule has 0 aliphatic carbocycles. The van der Waals surface area contributed by atoms with E-state index in [1.54, 1.807) is 18.1 Å². The summed E-state index contributed by atoms with van der Waals surface area (Å²) in [5.41, 5.74) is 2.37. The van der Waals surface area contributed by atoms with Crippen molar-refractivity contribution in [2.24, 2.45) is 12.0 Å². The molecule has 1 saturated heterocycles. The van der Waals surface area contributed by atoms with Crippen LogP contribution in [0.25, 0.3) is 0 Å². The Hall–Kier alpha value is -1.72. The molecular weight excluding hydrogens is 471 g/mol. The van der Waals surface area contributed by atoms with Gasteiger partial charge in [0.05, 0.1) is 19.3 Å². The van der Waals surface area contributed by atoms with Crippen molar-refractivity contribution in [2.45, 2.75) is 38.6 Å². The van der Waals surface area contributed by atoms with Gasteiger partial charge in [0.15, 0.2) is 5.96 Å². The standard InChI is InChI=1S/C19H28N6O2.HI/c1-20-19(22-12-18-23-14-24-25(18)2)21-11-15-4-3-5-16(10-15)13-27-17-6-8-26-9-7-17;/h3-5,10,14,17H,6-9,11-13H2,1-2H3,(H2,20,21,22);1H.